The van der Waals surface area contributed by atoms with Crippen LogP contribution in [0.3, 0.4) is 0 Å². The van der Waals surface area contributed by atoms with Crippen LogP contribution in [-0.4, -0.2) is 16.6 Å². The van der Waals surface area contributed by atoms with E-state index in [1.54, 1.807) is 23.2 Å². The van der Waals surface area contributed by atoms with E-state index in [-0.39, 0.29) is 17.9 Å². The van der Waals surface area contributed by atoms with Gasteiger partial charge in [0.2, 0.25) is 0 Å². The Balaban J connectivity index is 1.58. The Hall–Kier alpha value is -3.17. The second-order valence-electron chi connectivity index (χ2n) is 8.08. The van der Waals surface area contributed by atoms with Crippen molar-refractivity contribution in [3.8, 4) is 0 Å². The summed E-state index contributed by atoms with van der Waals surface area (Å²) in [6.07, 6.45) is 5.31. The van der Waals surface area contributed by atoms with Crippen molar-refractivity contribution < 1.29 is 4.79 Å². The van der Waals surface area contributed by atoms with Gasteiger partial charge in [0, 0.05) is 16.5 Å². The first-order chi connectivity index (χ1) is 15.2. The van der Waals surface area contributed by atoms with Crippen LogP contribution in [0.2, 0.25) is 5.02 Å². The number of amides is 1. The van der Waals surface area contributed by atoms with Gasteiger partial charge in [0.15, 0.2) is 0 Å². The molecule has 0 unspecified atom stereocenters. The largest absolute Gasteiger partial charge is 0.274 e. The van der Waals surface area contributed by atoms with E-state index in [4.69, 9.17) is 16.7 Å². The van der Waals surface area contributed by atoms with Gasteiger partial charge < -0.3 is 0 Å². The van der Waals surface area contributed by atoms with Crippen molar-refractivity contribution in [2.45, 2.75) is 25.3 Å². The maximum Gasteiger partial charge on any atom is 0.274 e. The number of benzene rings is 3. The van der Waals surface area contributed by atoms with Gasteiger partial charge in [-0.25, -0.2) is 5.01 Å². The van der Waals surface area contributed by atoms with E-state index in [1.165, 1.54) is 5.57 Å². The van der Waals surface area contributed by atoms with Crippen LogP contribution in [0, 0.1) is 5.92 Å². The van der Waals surface area contributed by atoms with E-state index < -0.39 is 0 Å². The highest BCUT2D eigenvalue weighted by atomic mass is 35.5. The van der Waals surface area contributed by atoms with Crippen LogP contribution in [0.5, 0.6) is 0 Å². The molecule has 2 atom stereocenters. The van der Waals surface area contributed by atoms with Gasteiger partial charge in [0.1, 0.15) is 0 Å². The number of hydrogen-bond acceptors (Lipinski definition) is 2. The van der Waals surface area contributed by atoms with E-state index >= 15 is 0 Å². The maximum atomic E-state index is 13.5. The lowest BCUT2D eigenvalue weighted by Gasteiger charge is -2.29. The van der Waals surface area contributed by atoms with Gasteiger partial charge >= 0.3 is 0 Å². The van der Waals surface area contributed by atoms with Crippen LogP contribution in [0.1, 0.15) is 46.8 Å². The number of rotatable bonds is 3. The quantitative estimate of drug-likeness (QED) is 0.454. The highest BCUT2D eigenvalue weighted by molar-refractivity contribution is 6.31. The first-order valence-corrected chi connectivity index (χ1v) is 11.1. The number of nitrogens with zero attached hydrogens (tertiary/aromatic N) is 2. The SMILES string of the molecule is O=C(c1cccc(Cl)c1)N1N=C2/C(=C/c3ccccc3)CCC[C@H]2[C@@H]1c1ccccc1. The van der Waals surface area contributed by atoms with Crippen LogP contribution in [0.25, 0.3) is 6.08 Å². The Morgan fingerprint density at radius 1 is 0.968 bits per heavy atom. The minimum Gasteiger partial charge on any atom is -0.267 e. The summed E-state index contributed by atoms with van der Waals surface area (Å²) in [4.78, 5) is 13.5. The average molecular weight is 427 g/mol. The molecule has 0 aromatic heterocycles. The zero-order chi connectivity index (χ0) is 21.2. The number of hydrogen-bond donors (Lipinski definition) is 0. The van der Waals surface area contributed by atoms with Crippen molar-refractivity contribution in [2.75, 3.05) is 0 Å². The minimum absolute atomic E-state index is 0.109. The third-order valence-corrected chi connectivity index (χ3v) is 6.30. The summed E-state index contributed by atoms with van der Waals surface area (Å²) in [6.45, 7) is 0. The predicted molar refractivity (Wildman–Crippen MR) is 126 cm³/mol. The molecular formula is C27H23ClN2O. The normalized spacial score (nSPS) is 21.6. The molecular weight excluding hydrogens is 404 g/mol. The van der Waals surface area contributed by atoms with Crippen LogP contribution in [0.4, 0.5) is 0 Å². The number of fused-ring (bicyclic) bond motifs is 1. The first-order valence-electron chi connectivity index (χ1n) is 10.7. The lowest BCUT2D eigenvalue weighted by molar-refractivity contribution is 0.0681. The topological polar surface area (TPSA) is 32.7 Å². The number of allylic oxidation sites excluding steroid dienone is 1. The molecule has 1 saturated carbocycles. The highest BCUT2D eigenvalue weighted by Crippen LogP contribution is 2.44. The fourth-order valence-corrected chi connectivity index (χ4v) is 4.85. The molecule has 5 rings (SSSR count). The van der Waals surface area contributed by atoms with Crippen LogP contribution >= 0.6 is 11.6 Å². The molecule has 2 aliphatic rings. The number of carbonyl (C=O) groups is 1. The zero-order valence-electron chi connectivity index (χ0n) is 17.1. The predicted octanol–water partition coefficient (Wildman–Crippen LogP) is 6.78. The number of carbonyl (C=O) groups excluding carboxylic acids is 1. The molecule has 0 saturated heterocycles. The van der Waals surface area contributed by atoms with Gasteiger partial charge in [0.25, 0.3) is 5.91 Å². The Morgan fingerprint density at radius 2 is 1.71 bits per heavy atom. The minimum atomic E-state index is -0.114. The van der Waals surface area contributed by atoms with Crippen molar-refractivity contribution in [1.29, 1.82) is 0 Å². The van der Waals surface area contributed by atoms with E-state index in [2.05, 4.69) is 30.3 Å². The molecule has 4 heteroatoms. The van der Waals surface area contributed by atoms with Crippen molar-refractivity contribution in [1.82, 2.24) is 5.01 Å². The van der Waals surface area contributed by atoms with Gasteiger partial charge in [-0.2, -0.15) is 5.10 Å². The molecule has 0 radical (unpaired) electrons. The molecule has 0 N–H and O–H groups in total. The lowest BCUT2D eigenvalue weighted by Crippen LogP contribution is -2.31. The van der Waals surface area contributed by atoms with Crippen molar-refractivity contribution >= 4 is 29.3 Å². The van der Waals surface area contributed by atoms with Crippen molar-refractivity contribution in [2.24, 2.45) is 11.0 Å². The van der Waals surface area contributed by atoms with E-state index in [0.29, 0.717) is 10.6 Å². The molecule has 1 aliphatic carbocycles. The molecule has 1 aliphatic heterocycles. The Labute approximate surface area is 187 Å². The van der Waals surface area contributed by atoms with Gasteiger partial charge in [-0.1, -0.05) is 78.3 Å². The maximum absolute atomic E-state index is 13.5. The highest BCUT2D eigenvalue weighted by Gasteiger charge is 2.43. The molecule has 3 aromatic rings. The summed E-state index contributed by atoms with van der Waals surface area (Å²) in [5, 5.41) is 7.18. The Bertz CT molecular complexity index is 1150. The summed E-state index contributed by atoms with van der Waals surface area (Å²) in [6, 6.07) is 27.6. The van der Waals surface area contributed by atoms with Crippen LogP contribution in [-0.2, 0) is 0 Å². The summed E-state index contributed by atoms with van der Waals surface area (Å²) in [5.41, 5.74) is 5.11. The Morgan fingerprint density at radius 3 is 2.45 bits per heavy atom. The van der Waals surface area contributed by atoms with Gasteiger partial charge in [-0.05, 0) is 60.2 Å². The second kappa shape index (κ2) is 8.52. The molecule has 154 valence electrons. The number of halogens is 1. The lowest BCUT2D eigenvalue weighted by atomic mass is 9.77. The van der Waals surface area contributed by atoms with Gasteiger partial charge in [-0.15, -0.1) is 0 Å². The summed E-state index contributed by atoms with van der Waals surface area (Å²) in [7, 11) is 0. The molecule has 1 heterocycles. The molecule has 0 bridgehead atoms. The number of hydrazone groups is 1. The monoisotopic (exact) mass is 426 g/mol. The van der Waals surface area contributed by atoms with Crippen molar-refractivity contribution in [3.05, 3.63) is 112 Å². The fraction of sp³-hybridized carbons (Fsp3) is 0.185. The van der Waals surface area contributed by atoms with Crippen molar-refractivity contribution in [3.63, 3.8) is 0 Å². The third-order valence-electron chi connectivity index (χ3n) is 6.06. The first kappa shape index (κ1) is 19.8. The molecule has 1 amide bonds. The van der Waals surface area contributed by atoms with Gasteiger partial charge in [0.05, 0.1) is 11.8 Å². The summed E-state index contributed by atoms with van der Waals surface area (Å²) >= 11 is 6.17. The molecule has 3 nitrogen and oxygen atoms in total. The summed E-state index contributed by atoms with van der Waals surface area (Å²) in [5.74, 6) is 0.0755. The van der Waals surface area contributed by atoms with Crippen LogP contribution in [0.15, 0.2) is 95.6 Å². The van der Waals surface area contributed by atoms with E-state index in [9.17, 15) is 4.79 Å². The molecule has 1 fully saturated rings. The molecule has 0 spiro atoms. The molecule has 3 aromatic carbocycles. The average Bonchev–Trinajstić information content (AvgIpc) is 3.20. The Kier molecular flexibility index (Phi) is 5.44. The smallest absolute Gasteiger partial charge is 0.267 e. The van der Waals surface area contributed by atoms with Gasteiger partial charge in [-0.3, -0.25) is 4.79 Å². The molecule has 31 heavy (non-hydrogen) atoms. The zero-order valence-corrected chi connectivity index (χ0v) is 17.9. The van der Waals surface area contributed by atoms with Crippen LogP contribution < -0.4 is 0 Å². The second-order valence-corrected chi connectivity index (χ2v) is 8.52. The summed E-state index contributed by atoms with van der Waals surface area (Å²) < 4.78 is 0. The fourth-order valence-electron chi connectivity index (χ4n) is 4.66. The standard InChI is InChI=1S/C27H23ClN2O/c28-23-15-7-14-22(18-23)27(31)30-26(20-11-5-2-6-12-20)24-16-8-13-21(25(24)29-30)17-19-9-3-1-4-10-19/h1-7,9-12,14-15,17-18,24,26H,8,13,16H2/b21-17+/t24-,26+/m1/s1. The third kappa shape index (κ3) is 3.94. The van der Waals surface area contributed by atoms with E-state index in [1.807, 2.05) is 42.5 Å². The van der Waals surface area contributed by atoms with E-state index in [0.717, 1.165) is 36.1 Å².